The van der Waals surface area contributed by atoms with Crippen molar-refractivity contribution in [3.05, 3.63) is 90.0 Å². The van der Waals surface area contributed by atoms with Crippen molar-refractivity contribution in [1.82, 2.24) is 0 Å². The lowest BCUT2D eigenvalue weighted by atomic mass is 10.00. The maximum atomic E-state index is 12.7. The molecule has 0 bridgehead atoms. The van der Waals surface area contributed by atoms with Crippen molar-refractivity contribution in [2.45, 2.75) is 33.1 Å². The predicted octanol–water partition coefficient (Wildman–Crippen LogP) is 7.19. The molecule has 3 aromatic carbocycles. The van der Waals surface area contributed by atoms with Crippen LogP contribution in [0.15, 0.2) is 78.9 Å². The fourth-order valence-electron chi connectivity index (χ4n) is 3.28. The molecule has 0 amide bonds. The van der Waals surface area contributed by atoms with Gasteiger partial charge in [-0.3, -0.25) is 0 Å². The average Bonchev–Trinajstić information content (AvgIpc) is 2.85. The second-order valence-electron chi connectivity index (χ2n) is 7.83. The number of halogens is 3. The van der Waals surface area contributed by atoms with Gasteiger partial charge in [-0.15, -0.1) is 0 Å². The topological polar surface area (TPSA) is 44.8 Å². The summed E-state index contributed by atoms with van der Waals surface area (Å²) >= 11 is 0. The maximum Gasteiger partial charge on any atom is 0.416 e. The third-order valence-corrected chi connectivity index (χ3v) is 5.28. The van der Waals surface area contributed by atoms with E-state index in [9.17, 15) is 18.0 Å². The van der Waals surface area contributed by atoms with Crippen molar-refractivity contribution in [3.8, 4) is 22.6 Å². The van der Waals surface area contributed by atoms with Crippen molar-refractivity contribution in [2.75, 3.05) is 13.2 Å². The summed E-state index contributed by atoms with van der Waals surface area (Å²) in [6.07, 6.45) is -3.09. The SMILES string of the molecule is CCOC(=O)[C@@H](C)Oc1ccc(OC/C=C(\C)c2ccc(-c3ccc(C(F)(F)F)cc3)cc2)cc1. The van der Waals surface area contributed by atoms with E-state index in [2.05, 4.69) is 0 Å². The highest BCUT2D eigenvalue weighted by Gasteiger charge is 2.29. The molecule has 0 aliphatic rings. The van der Waals surface area contributed by atoms with Gasteiger partial charge in [0.25, 0.3) is 0 Å². The van der Waals surface area contributed by atoms with E-state index in [0.717, 1.165) is 34.4 Å². The van der Waals surface area contributed by atoms with E-state index in [1.807, 2.05) is 37.3 Å². The number of alkyl halides is 3. The zero-order valence-corrected chi connectivity index (χ0v) is 19.8. The second-order valence-corrected chi connectivity index (χ2v) is 7.83. The minimum Gasteiger partial charge on any atom is -0.490 e. The van der Waals surface area contributed by atoms with Gasteiger partial charge < -0.3 is 14.2 Å². The molecule has 0 heterocycles. The van der Waals surface area contributed by atoms with Gasteiger partial charge >= 0.3 is 12.1 Å². The van der Waals surface area contributed by atoms with E-state index < -0.39 is 23.8 Å². The van der Waals surface area contributed by atoms with Crippen LogP contribution >= 0.6 is 0 Å². The number of benzene rings is 3. The van der Waals surface area contributed by atoms with Crippen molar-refractivity contribution in [3.63, 3.8) is 0 Å². The zero-order valence-electron chi connectivity index (χ0n) is 19.8. The normalized spacial score (nSPS) is 12.7. The number of rotatable bonds is 9. The number of hydrogen-bond acceptors (Lipinski definition) is 4. The fraction of sp³-hybridized carbons (Fsp3) is 0.250. The molecule has 4 nitrogen and oxygen atoms in total. The number of esters is 1. The zero-order chi connectivity index (χ0) is 25.4. The molecule has 0 spiro atoms. The lowest BCUT2D eigenvalue weighted by Gasteiger charge is -2.13. The minimum atomic E-state index is -4.34. The van der Waals surface area contributed by atoms with Crippen LogP contribution < -0.4 is 9.47 Å². The minimum absolute atomic E-state index is 0.301. The van der Waals surface area contributed by atoms with Crippen LogP contribution in [-0.4, -0.2) is 25.3 Å². The molecule has 3 rings (SSSR count). The molecule has 0 saturated carbocycles. The van der Waals surface area contributed by atoms with E-state index in [4.69, 9.17) is 14.2 Å². The van der Waals surface area contributed by atoms with Crippen LogP contribution in [0.2, 0.25) is 0 Å². The Balaban J connectivity index is 1.54. The highest BCUT2D eigenvalue weighted by molar-refractivity contribution is 5.74. The van der Waals surface area contributed by atoms with Crippen LogP contribution in [0.3, 0.4) is 0 Å². The number of carbonyl (C=O) groups excluding carboxylic acids is 1. The van der Waals surface area contributed by atoms with Crippen LogP contribution in [0.5, 0.6) is 11.5 Å². The molecule has 1 atom stereocenters. The lowest BCUT2D eigenvalue weighted by Crippen LogP contribution is -2.25. The molecular weight excluding hydrogens is 457 g/mol. The summed E-state index contributed by atoms with van der Waals surface area (Å²) in [6, 6.07) is 19.7. The maximum absolute atomic E-state index is 12.7. The predicted molar refractivity (Wildman–Crippen MR) is 129 cm³/mol. The summed E-state index contributed by atoms with van der Waals surface area (Å²) in [5.74, 6) is 0.779. The Morgan fingerprint density at radius 2 is 1.43 bits per heavy atom. The summed E-state index contributed by atoms with van der Waals surface area (Å²) in [5.41, 5.74) is 2.89. The summed E-state index contributed by atoms with van der Waals surface area (Å²) in [7, 11) is 0. The lowest BCUT2D eigenvalue weighted by molar-refractivity contribution is -0.150. The summed E-state index contributed by atoms with van der Waals surface area (Å²) < 4.78 is 54.5. The van der Waals surface area contributed by atoms with Crippen LogP contribution in [0.1, 0.15) is 31.9 Å². The average molecular weight is 485 g/mol. The molecule has 0 saturated heterocycles. The Kier molecular flexibility index (Phi) is 8.58. The van der Waals surface area contributed by atoms with E-state index >= 15 is 0 Å². The molecule has 0 aromatic heterocycles. The fourth-order valence-corrected chi connectivity index (χ4v) is 3.28. The molecule has 7 heteroatoms. The van der Waals surface area contributed by atoms with Gasteiger partial charge in [0.2, 0.25) is 0 Å². The van der Waals surface area contributed by atoms with Gasteiger partial charge in [0.1, 0.15) is 18.1 Å². The third kappa shape index (κ3) is 7.37. The highest BCUT2D eigenvalue weighted by Crippen LogP contribution is 2.31. The molecule has 0 radical (unpaired) electrons. The number of allylic oxidation sites excluding steroid dienone is 1. The monoisotopic (exact) mass is 484 g/mol. The molecule has 0 unspecified atom stereocenters. The quantitative estimate of drug-likeness (QED) is 0.302. The molecule has 0 fully saturated rings. The molecule has 3 aromatic rings. The largest absolute Gasteiger partial charge is 0.490 e. The van der Waals surface area contributed by atoms with Crippen molar-refractivity contribution < 1.29 is 32.2 Å². The van der Waals surface area contributed by atoms with Crippen LogP contribution in [0.4, 0.5) is 13.2 Å². The first-order valence-electron chi connectivity index (χ1n) is 11.2. The number of hydrogen-bond donors (Lipinski definition) is 0. The van der Waals surface area contributed by atoms with Gasteiger partial charge in [0.15, 0.2) is 6.10 Å². The van der Waals surface area contributed by atoms with Gasteiger partial charge in [0, 0.05) is 0 Å². The third-order valence-electron chi connectivity index (χ3n) is 5.28. The second kappa shape index (κ2) is 11.6. The Bertz CT molecular complexity index is 1130. The summed E-state index contributed by atoms with van der Waals surface area (Å²) in [6.45, 7) is 5.99. The van der Waals surface area contributed by atoms with Crippen molar-refractivity contribution in [2.24, 2.45) is 0 Å². The van der Waals surface area contributed by atoms with Gasteiger partial charge in [-0.1, -0.05) is 36.4 Å². The molecule has 0 N–H and O–H groups in total. The Labute approximate surface area is 203 Å². The summed E-state index contributed by atoms with van der Waals surface area (Å²) in [4.78, 5) is 11.7. The molecule has 184 valence electrons. The first kappa shape index (κ1) is 25.9. The Morgan fingerprint density at radius 3 is 1.97 bits per heavy atom. The number of carbonyl (C=O) groups is 1. The Hall–Kier alpha value is -3.74. The van der Waals surface area contributed by atoms with Crippen molar-refractivity contribution >= 4 is 11.5 Å². The van der Waals surface area contributed by atoms with E-state index in [0.29, 0.717) is 24.7 Å². The molecule has 35 heavy (non-hydrogen) atoms. The molecular formula is C28H27F3O4. The van der Waals surface area contributed by atoms with Crippen LogP contribution in [0.25, 0.3) is 16.7 Å². The van der Waals surface area contributed by atoms with Crippen LogP contribution in [-0.2, 0) is 15.7 Å². The summed E-state index contributed by atoms with van der Waals surface area (Å²) in [5, 5.41) is 0. The molecule has 0 aliphatic carbocycles. The van der Waals surface area contributed by atoms with Gasteiger partial charge in [-0.2, -0.15) is 13.2 Å². The van der Waals surface area contributed by atoms with Gasteiger partial charge in [-0.05, 0) is 85.5 Å². The first-order chi connectivity index (χ1) is 16.7. The van der Waals surface area contributed by atoms with Gasteiger partial charge in [-0.25, -0.2) is 4.79 Å². The number of ether oxygens (including phenoxy) is 3. The first-order valence-corrected chi connectivity index (χ1v) is 11.2. The van der Waals surface area contributed by atoms with E-state index in [1.54, 1.807) is 38.1 Å². The smallest absolute Gasteiger partial charge is 0.416 e. The van der Waals surface area contributed by atoms with Gasteiger partial charge in [0.05, 0.1) is 12.2 Å². The van der Waals surface area contributed by atoms with Crippen LogP contribution in [0, 0.1) is 0 Å². The van der Waals surface area contributed by atoms with E-state index in [1.165, 1.54) is 12.1 Å². The van der Waals surface area contributed by atoms with Crippen molar-refractivity contribution in [1.29, 1.82) is 0 Å². The van der Waals surface area contributed by atoms with E-state index in [-0.39, 0.29) is 0 Å². The highest BCUT2D eigenvalue weighted by atomic mass is 19.4. The standard InChI is InChI=1S/C28H27F3O4/c1-4-33-27(32)20(3)35-26-15-13-25(14-16-26)34-18-17-19(2)21-5-7-22(8-6-21)23-9-11-24(12-10-23)28(29,30)31/h5-17,20H,4,18H2,1-3H3/b19-17+/t20-/m1/s1. The Morgan fingerprint density at radius 1 is 0.886 bits per heavy atom. The molecule has 0 aliphatic heterocycles.